The molecule has 1 aliphatic carbocycles. The minimum atomic E-state index is 0.0222. The van der Waals surface area contributed by atoms with Crippen molar-refractivity contribution in [2.24, 2.45) is 5.92 Å². The SMILES string of the molecule is CCCNc1nc(N)c(C(=O)N(CC)CC2CC2)s1. The van der Waals surface area contributed by atoms with Crippen LogP contribution in [0.15, 0.2) is 0 Å². The van der Waals surface area contributed by atoms with Crippen LogP contribution in [-0.2, 0) is 0 Å². The van der Waals surface area contributed by atoms with Crippen molar-refractivity contribution in [1.82, 2.24) is 9.88 Å². The number of nitrogens with zero attached hydrogens (tertiary/aromatic N) is 2. The van der Waals surface area contributed by atoms with Gasteiger partial charge in [-0.3, -0.25) is 4.79 Å². The highest BCUT2D eigenvalue weighted by Crippen LogP contribution is 2.31. The van der Waals surface area contributed by atoms with E-state index in [4.69, 9.17) is 5.73 Å². The van der Waals surface area contributed by atoms with Gasteiger partial charge in [0.2, 0.25) is 0 Å². The number of amides is 1. The van der Waals surface area contributed by atoms with Gasteiger partial charge in [-0.15, -0.1) is 0 Å². The second-order valence-corrected chi connectivity index (χ2v) is 5.95. The first-order valence-electron chi connectivity index (χ1n) is 6.95. The van der Waals surface area contributed by atoms with E-state index >= 15 is 0 Å². The van der Waals surface area contributed by atoms with Gasteiger partial charge in [0.05, 0.1) is 0 Å². The van der Waals surface area contributed by atoms with Crippen LogP contribution in [0, 0.1) is 5.92 Å². The second kappa shape index (κ2) is 6.23. The topological polar surface area (TPSA) is 71.2 Å². The molecule has 6 heteroatoms. The Morgan fingerprint density at radius 3 is 2.84 bits per heavy atom. The molecule has 106 valence electrons. The molecule has 0 saturated heterocycles. The lowest BCUT2D eigenvalue weighted by atomic mass is 10.3. The zero-order valence-electron chi connectivity index (χ0n) is 11.6. The van der Waals surface area contributed by atoms with Crippen molar-refractivity contribution in [3.63, 3.8) is 0 Å². The fourth-order valence-electron chi connectivity index (χ4n) is 1.90. The Bertz CT molecular complexity index is 442. The molecule has 1 saturated carbocycles. The molecule has 0 radical (unpaired) electrons. The quantitative estimate of drug-likeness (QED) is 0.805. The molecule has 1 heterocycles. The van der Waals surface area contributed by atoms with Crippen molar-refractivity contribution in [2.45, 2.75) is 33.1 Å². The molecular formula is C13H22N4OS. The summed E-state index contributed by atoms with van der Waals surface area (Å²) in [5, 5.41) is 3.92. The molecule has 3 N–H and O–H groups in total. The van der Waals surface area contributed by atoms with Crippen LogP contribution in [-0.4, -0.2) is 35.4 Å². The molecule has 5 nitrogen and oxygen atoms in total. The number of aromatic nitrogens is 1. The number of nitrogens with two attached hydrogens (primary N) is 1. The lowest BCUT2D eigenvalue weighted by molar-refractivity contribution is 0.0762. The molecule has 1 amide bonds. The summed E-state index contributed by atoms with van der Waals surface area (Å²) >= 11 is 1.36. The van der Waals surface area contributed by atoms with Crippen molar-refractivity contribution in [2.75, 3.05) is 30.7 Å². The first kappa shape index (κ1) is 14.1. The highest BCUT2D eigenvalue weighted by Gasteiger charge is 2.28. The van der Waals surface area contributed by atoms with Crippen molar-refractivity contribution in [1.29, 1.82) is 0 Å². The summed E-state index contributed by atoms with van der Waals surface area (Å²) in [5.41, 5.74) is 5.86. The smallest absolute Gasteiger partial charge is 0.267 e. The predicted molar refractivity (Wildman–Crippen MR) is 79.6 cm³/mol. The Labute approximate surface area is 118 Å². The van der Waals surface area contributed by atoms with Gasteiger partial charge in [0.25, 0.3) is 5.91 Å². The average molecular weight is 282 g/mol. The second-order valence-electron chi connectivity index (χ2n) is 4.95. The van der Waals surface area contributed by atoms with Gasteiger partial charge in [-0.05, 0) is 32.1 Å². The fourth-order valence-corrected chi connectivity index (χ4v) is 2.78. The van der Waals surface area contributed by atoms with Gasteiger partial charge in [-0.2, -0.15) is 0 Å². The maximum absolute atomic E-state index is 12.4. The maximum atomic E-state index is 12.4. The number of nitrogen functional groups attached to an aromatic ring is 1. The lowest BCUT2D eigenvalue weighted by Crippen LogP contribution is -2.32. The molecular weight excluding hydrogens is 260 g/mol. The zero-order valence-corrected chi connectivity index (χ0v) is 12.4. The van der Waals surface area contributed by atoms with Crippen molar-refractivity contribution in [3.8, 4) is 0 Å². The van der Waals surface area contributed by atoms with Gasteiger partial charge in [0.15, 0.2) is 5.13 Å². The summed E-state index contributed by atoms with van der Waals surface area (Å²) < 4.78 is 0. The summed E-state index contributed by atoms with van der Waals surface area (Å²) in [6.07, 6.45) is 3.50. The third kappa shape index (κ3) is 3.59. The van der Waals surface area contributed by atoms with E-state index in [0.717, 1.165) is 31.2 Å². The molecule has 2 rings (SSSR count). The summed E-state index contributed by atoms with van der Waals surface area (Å²) in [4.78, 5) is 19.1. The van der Waals surface area contributed by atoms with Crippen LogP contribution >= 0.6 is 11.3 Å². The molecule has 1 aromatic rings. The third-order valence-corrected chi connectivity index (χ3v) is 4.24. The molecule has 0 aliphatic heterocycles. The number of hydrogen-bond donors (Lipinski definition) is 2. The first-order valence-corrected chi connectivity index (χ1v) is 7.76. The third-order valence-electron chi connectivity index (χ3n) is 3.22. The first-order chi connectivity index (χ1) is 9.15. The molecule has 0 aromatic carbocycles. The van der Waals surface area contributed by atoms with Gasteiger partial charge in [0, 0.05) is 19.6 Å². The largest absolute Gasteiger partial charge is 0.382 e. The Kier molecular flexibility index (Phi) is 4.63. The van der Waals surface area contributed by atoms with E-state index in [1.807, 2.05) is 11.8 Å². The number of anilines is 2. The van der Waals surface area contributed by atoms with E-state index < -0.39 is 0 Å². The van der Waals surface area contributed by atoms with E-state index in [2.05, 4.69) is 17.2 Å². The summed E-state index contributed by atoms with van der Waals surface area (Å²) in [6.45, 7) is 6.52. The van der Waals surface area contributed by atoms with Crippen LogP contribution in [0.2, 0.25) is 0 Å². The Morgan fingerprint density at radius 1 is 1.53 bits per heavy atom. The number of nitrogens with one attached hydrogen (secondary N) is 1. The van der Waals surface area contributed by atoms with E-state index in [0.29, 0.717) is 16.6 Å². The van der Waals surface area contributed by atoms with Gasteiger partial charge >= 0.3 is 0 Å². The Hall–Kier alpha value is -1.30. The van der Waals surface area contributed by atoms with Crippen LogP contribution in [0.3, 0.4) is 0 Å². The van der Waals surface area contributed by atoms with Crippen molar-refractivity contribution in [3.05, 3.63) is 4.88 Å². The minimum absolute atomic E-state index is 0.0222. The van der Waals surface area contributed by atoms with Crippen LogP contribution in [0.4, 0.5) is 10.9 Å². The molecule has 19 heavy (non-hydrogen) atoms. The number of rotatable bonds is 7. The van der Waals surface area contributed by atoms with Crippen LogP contribution < -0.4 is 11.1 Å². The fraction of sp³-hybridized carbons (Fsp3) is 0.692. The van der Waals surface area contributed by atoms with Gasteiger partial charge in [0.1, 0.15) is 10.7 Å². The van der Waals surface area contributed by atoms with E-state index in [-0.39, 0.29) is 5.91 Å². The highest BCUT2D eigenvalue weighted by atomic mass is 32.1. The Balaban J connectivity index is 2.05. The molecule has 0 bridgehead atoms. The van der Waals surface area contributed by atoms with Crippen LogP contribution in [0.1, 0.15) is 42.8 Å². The minimum Gasteiger partial charge on any atom is -0.382 e. The lowest BCUT2D eigenvalue weighted by Gasteiger charge is -2.19. The Morgan fingerprint density at radius 2 is 2.26 bits per heavy atom. The normalized spacial score (nSPS) is 14.4. The summed E-state index contributed by atoms with van der Waals surface area (Å²) in [5.74, 6) is 1.06. The zero-order chi connectivity index (χ0) is 13.8. The van der Waals surface area contributed by atoms with Gasteiger partial charge < -0.3 is 16.0 Å². The number of carbonyl (C=O) groups is 1. The summed E-state index contributed by atoms with van der Waals surface area (Å²) in [6, 6.07) is 0. The van der Waals surface area contributed by atoms with Crippen molar-refractivity contribution < 1.29 is 4.79 Å². The van der Waals surface area contributed by atoms with Crippen LogP contribution in [0.5, 0.6) is 0 Å². The predicted octanol–water partition coefficient (Wildman–Crippen LogP) is 2.42. The number of carbonyl (C=O) groups excluding carboxylic acids is 1. The van der Waals surface area contributed by atoms with Crippen molar-refractivity contribution >= 4 is 28.2 Å². The van der Waals surface area contributed by atoms with Gasteiger partial charge in [-0.1, -0.05) is 18.3 Å². The molecule has 1 aliphatic rings. The molecule has 0 atom stereocenters. The standard InChI is InChI=1S/C13H22N4OS/c1-3-7-15-13-16-11(14)10(19-13)12(18)17(4-2)8-9-5-6-9/h9H,3-8,14H2,1-2H3,(H,15,16). The monoisotopic (exact) mass is 282 g/mol. The molecule has 1 fully saturated rings. The molecule has 0 unspecified atom stereocenters. The molecule has 0 spiro atoms. The number of thiazole rings is 1. The number of hydrogen-bond acceptors (Lipinski definition) is 5. The average Bonchev–Trinajstić information content (AvgIpc) is 3.15. The van der Waals surface area contributed by atoms with Crippen LogP contribution in [0.25, 0.3) is 0 Å². The van der Waals surface area contributed by atoms with Gasteiger partial charge in [-0.25, -0.2) is 4.98 Å². The highest BCUT2D eigenvalue weighted by molar-refractivity contribution is 7.18. The van der Waals surface area contributed by atoms with E-state index in [1.165, 1.54) is 24.2 Å². The van der Waals surface area contributed by atoms with E-state index in [1.54, 1.807) is 0 Å². The van der Waals surface area contributed by atoms with E-state index in [9.17, 15) is 4.79 Å². The molecule has 1 aromatic heterocycles. The summed E-state index contributed by atoms with van der Waals surface area (Å²) in [7, 11) is 0. The maximum Gasteiger partial charge on any atom is 0.267 e.